The van der Waals surface area contributed by atoms with E-state index in [4.69, 9.17) is 5.11 Å². The number of aliphatic hydroxyl groups excluding tert-OH is 1. The van der Waals surface area contributed by atoms with Crippen molar-refractivity contribution in [2.24, 2.45) is 22.9 Å². The smallest absolute Gasteiger partial charge is 0.339 e. The highest BCUT2D eigenvalue weighted by atomic mass is 16.4. The Morgan fingerprint density at radius 1 is 1.22 bits per heavy atom. The lowest BCUT2D eigenvalue weighted by Crippen LogP contribution is -2.27. The second kappa shape index (κ2) is 8.81. The third-order valence-electron chi connectivity index (χ3n) is 5.35. The zero-order valence-electron chi connectivity index (χ0n) is 15.0. The lowest BCUT2D eigenvalue weighted by molar-refractivity contribution is -0.136. The summed E-state index contributed by atoms with van der Waals surface area (Å²) in [4.78, 5) is 22.5. The number of carbonyl (C=O) groups excluding carboxylic acids is 1. The quantitative estimate of drug-likeness (QED) is 0.350. The van der Waals surface area contributed by atoms with Gasteiger partial charge in [-0.05, 0) is 49.7 Å². The molecule has 144 valence electrons. The van der Waals surface area contributed by atoms with Gasteiger partial charge in [-0.3, -0.25) is 4.79 Å². The average molecular weight is 371 g/mol. The molecule has 0 bridgehead atoms. The Balaban J connectivity index is 1.51. The zero-order chi connectivity index (χ0) is 19.2. The van der Waals surface area contributed by atoms with Crippen molar-refractivity contribution in [1.82, 2.24) is 5.43 Å². The fourth-order valence-corrected chi connectivity index (χ4v) is 4.14. The molecule has 1 aromatic rings. The molecule has 0 aromatic heterocycles. The Morgan fingerprint density at radius 3 is 2.74 bits per heavy atom. The van der Waals surface area contributed by atoms with Gasteiger partial charge < -0.3 is 15.5 Å². The van der Waals surface area contributed by atoms with Gasteiger partial charge in [-0.2, -0.15) is 5.10 Å². The maximum atomic E-state index is 11.9. The summed E-state index contributed by atoms with van der Waals surface area (Å²) in [6, 6.07) is 8.66. The lowest BCUT2D eigenvalue weighted by Gasteiger charge is -2.16. The van der Waals surface area contributed by atoms with Crippen LogP contribution in [0.5, 0.6) is 0 Å². The Hall–Kier alpha value is -2.67. The number of para-hydroxylation sites is 1. The minimum Gasteiger partial charge on any atom is -0.481 e. The first-order chi connectivity index (χ1) is 13.0. The molecule has 1 aromatic carbocycles. The monoisotopic (exact) mass is 371 g/mol. The highest BCUT2D eigenvalue weighted by Crippen LogP contribution is 2.49. The number of aliphatic hydroxyl groups is 1. The molecule has 2 amide bonds. The highest BCUT2D eigenvalue weighted by Gasteiger charge is 2.45. The molecule has 0 radical (unpaired) electrons. The summed E-state index contributed by atoms with van der Waals surface area (Å²) in [5, 5.41) is 25.8. The van der Waals surface area contributed by atoms with E-state index >= 15 is 0 Å². The summed E-state index contributed by atoms with van der Waals surface area (Å²) < 4.78 is 0. The maximum Gasteiger partial charge on any atom is 0.339 e. The molecule has 0 unspecified atom stereocenters. The first-order valence-corrected chi connectivity index (χ1v) is 9.26. The molecule has 3 rings (SSSR count). The topological polar surface area (TPSA) is 111 Å². The number of carbonyl (C=O) groups is 2. The Kier molecular flexibility index (Phi) is 6.24. The van der Waals surface area contributed by atoms with Crippen molar-refractivity contribution in [3.63, 3.8) is 0 Å². The van der Waals surface area contributed by atoms with Crippen molar-refractivity contribution in [2.45, 2.75) is 38.2 Å². The summed E-state index contributed by atoms with van der Waals surface area (Å²) in [7, 11) is 0. The number of urea groups is 1. The van der Waals surface area contributed by atoms with E-state index in [1.54, 1.807) is 18.3 Å². The van der Waals surface area contributed by atoms with Gasteiger partial charge in [-0.15, -0.1) is 0 Å². The number of anilines is 1. The van der Waals surface area contributed by atoms with Crippen LogP contribution in [0.4, 0.5) is 10.5 Å². The van der Waals surface area contributed by atoms with Crippen LogP contribution in [-0.2, 0) is 4.79 Å². The molecular weight excluding hydrogens is 346 g/mol. The molecular formula is C20H25N3O4. The second-order valence-electron chi connectivity index (χ2n) is 7.22. The van der Waals surface area contributed by atoms with Crippen LogP contribution >= 0.6 is 0 Å². The van der Waals surface area contributed by atoms with Gasteiger partial charge in [0.1, 0.15) is 0 Å². The average Bonchev–Trinajstić information content (AvgIpc) is 3.13. The normalized spacial score (nSPS) is 28.4. The predicted octanol–water partition coefficient (Wildman–Crippen LogP) is 2.99. The van der Waals surface area contributed by atoms with E-state index in [0.717, 1.165) is 12.8 Å². The zero-order valence-corrected chi connectivity index (χ0v) is 15.0. The standard InChI is InChI=1S/C20H25N3O4/c24-18-11-14-9-13(5-4-8-19(25)26)10-16(14)17(18)12-21-23-20(27)22-15-6-2-1-3-7-15/h1-3,5-7,12,14,16-18,24H,4,8-11H2,(H,25,26)(H2,22,23,27)/b13-5?,21-12-/t14-,16-,17+,18+/m0/s1. The minimum absolute atomic E-state index is 0.0996. The summed E-state index contributed by atoms with van der Waals surface area (Å²) in [6.07, 6.45) is 6.39. The first kappa shape index (κ1) is 19.1. The molecule has 4 N–H and O–H groups in total. The van der Waals surface area contributed by atoms with Gasteiger partial charge in [-0.1, -0.05) is 29.8 Å². The van der Waals surface area contributed by atoms with Crippen molar-refractivity contribution in [3.8, 4) is 0 Å². The van der Waals surface area contributed by atoms with E-state index in [1.807, 2.05) is 24.3 Å². The van der Waals surface area contributed by atoms with Crippen molar-refractivity contribution < 1.29 is 19.8 Å². The van der Waals surface area contributed by atoms with E-state index in [9.17, 15) is 14.7 Å². The van der Waals surface area contributed by atoms with E-state index in [2.05, 4.69) is 15.8 Å². The van der Waals surface area contributed by atoms with Gasteiger partial charge in [-0.25, -0.2) is 10.2 Å². The number of fused-ring (bicyclic) bond motifs is 1. The van der Waals surface area contributed by atoms with E-state index < -0.39 is 18.1 Å². The second-order valence-corrected chi connectivity index (χ2v) is 7.22. The number of hydrogen-bond acceptors (Lipinski definition) is 4. The molecule has 0 heterocycles. The van der Waals surface area contributed by atoms with Gasteiger partial charge in [0.05, 0.1) is 6.10 Å². The van der Waals surface area contributed by atoms with Crippen LogP contribution in [-0.4, -0.2) is 34.5 Å². The van der Waals surface area contributed by atoms with Gasteiger partial charge in [0, 0.05) is 24.2 Å². The number of allylic oxidation sites excluding steroid dienone is 2. The maximum absolute atomic E-state index is 11.9. The predicted molar refractivity (Wildman–Crippen MR) is 102 cm³/mol. The summed E-state index contributed by atoms with van der Waals surface area (Å²) in [5.74, 6) is -0.202. The molecule has 2 aliphatic rings. The molecule has 0 aliphatic heterocycles. The number of carboxylic acids is 1. The molecule has 2 saturated carbocycles. The van der Waals surface area contributed by atoms with Crippen molar-refractivity contribution in [3.05, 3.63) is 42.0 Å². The Bertz CT molecular complexity index is 732. The molecule has 2 fully saturated rings. The minimum atomic E-state index is -0.787. The molecule has 2 aliphatic carbocycles. The van der Waals surface area contributed by atoms with Gasteiger partial charge in [0.15, 0.2) is 0 Å². The fraction of sp³-hybridized carbons (Fsp3) is 0.450. The highest BCUT2D eigenvalue weighted by molar-refractivity contribution is 5.89. The van der Waals surface area contributed by atoms with Gasteiger partial charge >= 0.3 is 12.0 Å². The first-order valence-electron chi connectivity index (χ1n) is 9.26. The number of amides is 2. The summed E-state index contributed by atoms with van der Waals surface area (Å²) in [5.41, 5.74) is 4.39. The molecule has 4 atom stereocenters. The summed E-state index contributed by atoms with van der Waals surface area (Å²) >= 11 is 0. The summed E-state index contributed by atoms with van der Waals surface area (Å²) in [6.45, 7) is 0. The SMILES string of the molecule is O=C(O)CCC=C1C[C@H]2C[C@@H](O)[C@H](/C=N\NC(=O)Nc3ccccc3)[C@H]2C1. The van der Waals surface area contributed by atoms with Crippen LogP contribution in [0.3, 0.4) is 0 Å². The number of hydrogen-bond donors (Lipinski definition) is 4. The number of nitrogens with zero attached hydrogens (tertiary/aromatic N) is 1. The number of nitrogens with one attached hydrogen (secondary N) is 2. The fourth-order valence-electron chi connectivity index (χ4n) is 4.14. The number of aliphatic carboxylic acids is 1. The Morgan fingerprint density at radius 2 is 2.00 bits per heavy atom. The third kappa shape index (κ3) is 5.17. The molecule has 7 heteroatoms. The van der Waals surface area contributed by atoms with Crippen LogP contribution in [0.25, 0.3) is 0 Å². The number of rotatable bonds is 6. The lowest BCUT2D eigenvalue weighted by atomic mass is 9.92. The number of carboxylic acid groups (broad SMARTS) is 1. The van der Waals surface area contributed by atoms with Crippen LogP contribution in [0.2, 0.25) is 0 Å². The van der Waals surface area contributed by atoms with Crippen LogP contribution in [0.15, 0.2) is 47.1 Å². The molecule has 0 spiro atoms. The van der Waals surface area contributed by atoms with Crippen molar-refractivity contribution in [2.75, 3.05) is 5.32 Å². The van der Waals surface area contributed by atoms with Gasteiger partial charge in [0.25, 0.3) is 0 Å². The van der Waals surface area contributed by atoms with Crippen molar-refractivity contribution >= 4 is 23.9 Å². The largest absolute Gasteiger partial charge is 0.481 e. The van der Waals surface area contributed by atoms with Crippen molar-refractivity contribution in [1.29, 1.82) is 0 Å². The Labute approximate surface area is 158 Å². The molecule has 7 nitrogen and oxygen atoms in total. The van der Waals surface area contributed by atoms with E-state index in [1.165, 1.54) is 5.57 Å². The van der Waals surface area contributed by atoms with Gasteiger partial charge in [0.2, 0.25) is 0 Å². The van der Waals surface area contributed by atoms with Crippen LogP contribution < -0.4 is 10.7 Å². The molecule has 27 heavy (non-hydrogen) atoms. The third-order valence-corrected chi connectivity index (χ3v) is 5.35. The number of hydrazone groups is 1. The van der Waals surface area contributed by atoms with Crippen LogP contribution in [0.1, 0.15) is 32.1 Å². The number of benzene rings is 1. The van der Waals surface area contributed by atoms with E-state index in [0.29, 0.717) is 30.4 Å². The molecule has 0 saturated heterocycles. The van der Waals surface area contributed by atoms with Crippen LogP contribution in [0, 0.1) is 17.8 Å². The van der Waals surface area contributed by atoms with E-state index in [-0.39, 0.29) is 12.3 Å².